The summed E-state index contributed by atoms with van der Waals surface area (Å²) in [6, 6.07) is 3.61. The van der Waals surface area contributed by atoms with Gasteiger partial charge in [0.1, 0.15) is 4.57 Å². The van der Waals surface area contributed by atoms with Crippen molar-refractivity contribution in [2.45, 2.75) is 18.4 Å². The van der Waals surface area contributed by atoms with Crippen LogP contribution in [0.4, 0.5) is 0 Å². The van der Waals surface area contributed by atoms with Crippen LogP contribution in [0.3, 0.4) is 0 Å². The van der Waals surface area contributed by atoms with Crippen LogP contribution in [-0.2, 0) is 13.6 Å². The molecular weight excluding hydrogens is 293 g/mol. The second-order valence-corrected chi connectivity index (χ2v) is 6.73. The highest BCUT2D eigenvalue weighted by molar-refractivity contribution is 9.10. The Morgan fingerprint density at radius 2 is 2.06 bits per heavy atom. The Balaban J connectivity index is 2.91. The second-order valence-electron chi connectivity index (χ2n) is 3.00. The first kappa shape index (κ1) is 13.8. The first-order chi connectivity index (χ1) is 7.64. The van der Waals surface area contributed by atoms with Crippen molar-refractivity contribution in [2.24, 2.45) is 0 Å². The van der Waals surface area contributed by atoms with E-state index in [9.17, 15) is 4.57 Å². The average Bonchev–Trinajstić information content (AvgIpc) is 2.30. The van der Waals surface area contributed by atoms with E-state index < -0.39 is 12.2 Å². The minimum atomic E-state index is -3.16. The van der Waals surface area contributed by atoms with E-state index in [0.29, 0.717) is 13.2 Å². The van der Waals surface area contributed by atoms with Crippen molar-refractivity contribution in [1.82, 2.24) is 4.98 Å². The fourth-order valence-corrected chi connectivity index (χ4v) is 3.78. The molecule has 1 heterocycles. The van der Waals surface area contributed by atoms with Gasteiger partial charge >= 0.3 is 7.60 Å². The van der Waals surface area contributed by atoms with Crippen LogP contribution in [0.1, 0.15) is 24.0 Å². The second kappa shape index (κ2) is 6.50. The Hall–Kier alpha value is -0.220. The van der Waals surface area contributed by atoms with Gasteiger partial charge in [-0.1, -0.05) is 22.0 Å². The van der Waals surface area contributed by atoms with Crippen LogP contribution in [0.5, 0.6) is 0 Å². The van der Waals surface area contributed by atoms with Crippen LogP contribution >= 0.6 is 23.5 Å². The van der Waals surface area contributed by atoms with E-state index >= 15 is 0 Å². The zero-order chi connectivity index (χ0) is 12.0. The van der Waals surface area contributed by atoms with Gasteiger partial charge in [0.15, 0.2) is 0 Å². The van der Waals surface area contributed by atoms with Gasteiger partial charge in [0.2, 0.25) is 0 Å². The van der Waals surface area contributed by atoms with Gasteiger partial charge in [-0.15, -0.1) is 0 Å². The van der Waals surface area contributed by atoms with Crippen LogP contribution in [0.25, 0.3) is 0 Å². The molecule has 1 aromatic heterocycles. The third-order valence-electron chi connectivity index (χ3n) is 1.86. The molecule has 1 rings (SSSR count). The van der Waals surface area contributed by atoms with Crippen LogP contribution in [0.2, 0.25) is 0 Å². The molecule has 0 bridgehead atoms. The molecule has 0 N–H and O–H groups in total. The Kier molecular flexibility index (Phi) is 5.62. The summed E-state index contributed by atoms with van der Waals surface area (Å²) >= 11 is 3.36. The predicted octanol–water partition coefficient (Wildman–Crippen LogP) is 3.74. The molecule has 0 radical (unpaired) electrons. The van der Waals surface area contributed by atoms with Crippen LogP contribution in [0, 0.1) is 0 Å². The first-order valence-electron chi connectivity index (χ1n) is 5.06. The topological polar surface area (TPSA) is 48.4 Å². The van der Waals surface area contributed by atoms with Crippen molar-refractivity contribution in [3.05, 3.63) is 30.1 Å². The molecule has 0 aliphatic rings. The van der Waals surface area contributed by atoms with Gasteiger partial charge in [-0.05, 0) is 25.5 Å². The fraction of sp³-hybridized carbons (Fsp3) is 0.500. The molecule has 1 unspecified atom stereocenters. The summed E-state index contributed by atoms with van der Waals surface area (Å²) in [5.74, 6) is 0. The molecule has 4 nitrogen and oxygen atoms in total. The van der Waals surface area contributed by atoms with Gasteiger partial charge in [0.05, 0.1) is 13.2 Å². The van der Waals surface area contributed by atoms with E-state index in [1.807, 2.05) is 6.07 Å². The molecule has 0 fully saturated rings. The number of alkyl halides is 1. The molecule has 6 heteroatoms. The largest absolute Gasteiger partial charge is 0.348 e. The maximum atomic E-state index is 12.4. The van der Waals surface area contributed by atoms with Gasteiger partial charge in [0, 0.05) is 12.4 Å². The molecule has 90 valence electrons. The number of rotatable bonds is 6. The Bertz CT molecular complexity index is 350. The lowest BCUT2D eigenvalue weighted by Gasteiger charge is -2.21. The highest BCUT2D eigenvalue weighted by Gasteiger charge is 2.34. The minimum absolute atomic E-state index is 0.347. The molecule has 1 aromatic rings. The summed E-state index contributed by atoms with van der Waals surface area (Å²) in [4.78, 5) is 3.98. The Morgan fingerprint density at radius 1 is 1.44 bits per heavy atom. The summed E-state index contributed by atoms with van der Waals surface area (Å²) in [6.07, 6.45) is 3.31. The van der Waals surface area contributed by atoms with E-state index in [4.69, 9.17) is 9.05 Å². The SMILES string of the molecule is CCOP(=O)(OCC)C(Br)c1cccnc1. The van der Waals surface area contributed by atoms with Crippen molar-refractivity contribution >= 4 is 23.5 Å². The number of hydrogen-bond acceptors (Lipinski definition) is 4. The summed E-state index contributed by atoms with van der Waals surface area (Å²) in [5, 5.41) is 0. The lowest BCUT2D eigenvalue weighted by atomic mass is 10.3. The number of nitrogens with zero attached hydrogens (tertiary/aromatic N) is 1. The van der Waals surface area contributed by atoms with Crippen LogP contribution < -0.4 is 0 Å². The van der Waals surface area contributed by atoms with E-state index in [1.165, 1.54) is 0 Å². The Morgan fingerprint density at radius 3 is 2.50 bits per heavy atom. The molecule has 1 atom stereocenters. The maximum absolute atomic E-state index is 12.4. The number of halogens is 1. The maximum Gasteiger partial charge on any atom is 0.348 e. The van der Waals surface area contributed by atoms with Gasteiger partial charge in [-0.2, -0.15) is 0 Å². The first-order valence-corrected chi connectivity index (χ1v) is 7.59. The van der Waals surface area contributed by atoms with Crippen molar-refractivity contribution in [3.8, 4) is 0 Å². The number of aromatic nitrogens is 1. The lowest BCUT2D eigenvalue weighted by Crippen LogP contribution is -2.02. The van der Waals surface area contributed by atoms with Gasteiger partial charge in [-0.3, -0.25) is 9.55 Å². The Labute approximate surface area is 104 Å². The average molecular weight is 308 g/mol. The molecule has 16 heavy (non-hydrogen) atoms. The number of pyridine rings is 1. The quantitative estimate of drug-likeness (QED) is 0.593. The van der Waals surface area contributed by atoms with E-state index in [1.54, 1.807) is 32.3 Å². The van der Waals surface area contributed by atoms with Gasteiger partial charge in [0.25, 0.3) is 0 Å². The van der Waals surface area contributed by atoms with Crippen LogP contribution in [0.15, 0.2) is 24.5 Å². The molecule has 0 aromatic carbocycles. The molecule has 0 aliphatic heterocycles. The summed E-state index contributed by atoms with van der Waals surface area (Å²) < 4.78 is 22.4. The summed E-state index contributed by atoms with van der Waals surface area (Å²) in [6.45, 7) is 4.27. The third kappa shape index (κ3) is 3.39. The lowest BCUT2D eigenvalue weighted by molar-refractivity contribution is 0.219. The minimum Gasteiger partial charge on any atom is -0.308 e. The number of hydrogen-bond donors (Lipinski definition) is 0. The smallest absolute Gasteiger partial charge is 0.308 e. The van der Waals surface area contributed by atoms with Gasteiger partial charge < -0.3 is 9.05 Å². The zero-order valence-electron chi connectivity index (χ0n) is 9.30. The molecule has 0 amide bonds. The molecular formula is C10H15BrNO3P. The normalized spacial score (nSPS) is 13.7. The van der Waals surface area contributed by atoms with Crippen molar-refractivity contribution in [2.75, 3.05) is 13.2 Å². The summed E-state index contributed by atoms with van der Waals surface area (Å²) in [5.41, 5.74) is 0.785. The van der Waals surface area contributed by atoms with E-state index in [-0.39, 0.29) is 0 Å². The zero-order valence-corrected chi connectivity index (χ0v) is 11.8. The highest BCUT2D eigenvalue weighted by atomic mass is 79.9. The standard InChI is InChI=1S/C10H15BrNO3P/c1-3-14-16(13,15-4-2)10(11)9-6-5-7-12-8-9/h5-8,10H,3-4H2,1-2H3. The van der Waals surface area contributed by atoms with Crippen molar-refractivity contribution < 1.29 is 13.6 Å². The molecule has 0 spiro atoms. The van der Waals surface area contributed by atoms with E-state index in [0.717, 1.165) is 5.56 Å². The summed E-state index contributed by atoms with van der Waals surface area (Å²) in [7, 11) is -3.16. The van der Waals surface area contributed by atoms with Gasteiger partial charge in [-0.25, -0.2) is 0 Å². The molecule has 0 aliphatic carbocycles. The molecule has 0 saturated carbocycles. The van der Waals surface area contributed by atoms with Crippen molar-refractivity contribution in [1.29, 1.82) is 0 Å². The van der Waals surface area contributed by atoms with E-state index in [2.05, 4.69) is 20.9 Å². The monoisotopic (exact) mass is 307 g/mol. The predicted molar refractivity (Wildman–Crippen MR) is 66.8 cm³/mol. The van der Waals surface area contributed by atoms with Crippen LogP contribution in [-0.4, -0.2) is 18.2 Å². The highest BCUT2D eigenvalue weighted by Crippen LogP contribution is 2.63. The van der Waals surface area contributed by atoms with Crippen molar-refractivity contribution in [3.63, 3.8) is 0 Å². The molecule has 0 saturated heterocycles. The fourth-order valence-electron chi connectivity index (χ4n) is 1.23. The third-order valence-corrected chi connectivity index (χ3v) is 5.98.